The van der Waals surface area contributed by atoms with Gasteiger partial charge in [0, 0.05) is 19.6 Å². The predicted octanol–water partition coefficient (Wildman–Crippen LogP) is 0.469. The predicted molar refractivity (Wildman–Crippen MR) is 64.0 cm³/mol. The molecule has 5 nitrogen and oxygen atoms in total. The summed E-state index contributed by atoms with van der Waals surface area (Å²) in [4.78, 5) is 6.73. The van der Waals surface area contributed by atoms with Crippen molar-refractivity contribution in [2.75, 3.05) is 19.6 Å². The fourth-order valence-electron chi connectivity index (χ4n) is 2.37. The Hall–Kier alpha value is -0.810. The molecule has 0 spiro atoms. The van der Waals surface area contributed by atoms with Crippen LogP contribution in [0.2, 0.25) is 0 Å². The Morgan fingerprint density at radius 1 is 1.44 bits per heavy atom. The zero-order valence-electron chi connectivity index (χ0n) is 9.98. The highest BCUT2D eigenvalue weighted by atomic mass is 16.5. The summed E-state index contributed by atoms with van der Waals surface area (Å²) in [5, 5.41) is 0. The molecular formula is C11H22N4O. The average molecular weight is 226 g/mol. The number of nitrogens with one attached hydrogen (secondary N) is 1. The third-order valence-electron chi connectivity index (χ3n) is 3.25. The van der Waals surface area contributed by atoms with Gasteiger partial charge in [-0.1, -0.05) is 13.3 Å². The first-order chi connectivity index (χ1) is 7.83. The molecule has 2 rings (SSSR count). The van der Waals surface area contributed by atoms with Crippen LogP contribution in [0.5, 0.6) is 0 Å². The average Bonchev–Trinajstić information content (AvgIpc) is 2.64. The molecule has 2 bridgehead atoms. The van der Waals surface area contributed by atoms with Gasteiger partial charge in [0.15, 0.2) is 0 Å². The summed E-state index contributed by atoms with van der Waals surface area (Å²) >= 11 is 0. The Bertz CT molecular complexity index is 244. The van der Waals surface area contributed by atoms with Crippen molar-refractivity contribution >= 4 is 5.96 Å². The van der Waals surface area contributed by atoms with Crippen LogP contribution in [-0.2, 0) is 4.74 Å². The van der Waals surface area contributed by atoms with E-state index in [0.29, 0.717) is 12.2 Å². The van der Waals surface area contributed by atoms with E-state index in [0.717, 1.165) is 38.4 Å². The normalized spacial score (nSPS) is 29.6. The van der Waals surface area contributed by atoms with Crippen LogP contribution in [0.25, 0.3) is 0 Å². The van der Waals surface area contributed by atoms with Gasteiger partial charge < -0.3 is 9.64 Å². The van der Waals surface area contributed by atoms with Gasteiger partial charge in [0.25, 0.3) is 0 Å². The fraction of sp³-hybridized carbons (Fsp3) is 0.909. The maximum absolute atomic E-state index is 5.78. The number of aliphatic imine (C=N–C) groups is 1. The molecule has 2 fully saturated rings. The van der Waals surface area contributed by atoms with Gasteiger partial charge >= 0.3 is 0 Å². The molecule has 2 heterocycles. The van der Waals surface area contributed by atoms with Gasteiger partial charge in [-0.3, -0.25) is 10.4 Å². The summed E-state index contributed by atoms with van der Waals surface area (Å²) in [6, 6.07) is 0. The van der Waals surface area contributed by atoms with Crippen LogP contribution < -0.4 is 11.3 Å². The maximum Gasteiger partial charge on any atom is 0.208 e. The van der Waals surface area contributed by atoms with E-state index >= 15 is 0 Å². The minimum absolute atomic E-state index is 0.378. The number of nitrogens with zero attached hydrogens (tertiary/aromatic N) is 2. The number of morpholine rings is 1. The lowest BCUT2D eigenvalue weighted by atomic mass is 10.2. The number of ether oxygens (including phenoxy) is 1. The number of unbranched alkanes of at least 4 members (excludes halogenated alkanes) is 1. The number of guanidine groups is 1. The van der Waals surface area contributed by atoms with Gasteiger partial charge in [0.1, 0.15) is 0 Å². The molecule has 92 valence electrons. The number of hydrogen-bond donors (Lipinski definition) is 2. The fourth-order valence-corrected chi connectivity index (χ4v) is 2.37. The molecule has 0 radical (unpaired) electrons. The first-order valence-corrected chi connectivity index (χ1v) is 6.25. The molecule has 5 heteroatoms. The lowest BCUT2D eigenvalue weighted by Gasteiger charge is -2.33. The highest BCUT2D eigenvalue weighted by Gasteiger charge is 2.34. The molecule has 2 aliphatic rings. The summed E-state index contributed by atoms with van der Waals surface area (Å²) in [5.74, 6) is 6.36. The Kier molecular flexibility index (Phi) is 4.01. The second-order valence-corrected chi connectivity index (χ2v) is 4.57. The molecule has 3 N–H and O–H groups in total. The monoisotopic (exact) mass is 226 g/mol. The molecular weight excluding hydrogens is 204 g/mol. The van der Waals surface area contributed by atoms with E-state index in [2.05, 4.69) is 22.2 Å². The Morgan fingerprint density at radius 3 is 2.69 bits per heavy atom. The Balaban J connectivity index is 1.91. The molecule has 2 aliphatic heterocycles. The van der Waals surface area contributed by atoms with E-state index in [1.165, 1.54) is 12.8 Å². The van der Waals surface area contributed by atoms with Crippen LogP contribution in [0.1, 0.15) is 32.6 Å². The van der Waals surface area contributed by atoms with E-state index in [4.69, 9.17) is 10.6 Å². The number of fused-ring (bicyclic) bond motifs is 2. The van der Waals surface area contributed by atoms with Gasteiger partial charge in [-0.15, -0.1) is 0 Å². The maximum atomic E-state index is 5.78. The molecule has 0 saturated carbocycles. The number of likely N-dealkylation sites (tertiary alicyclic amines) is 1. The van der Waals surface area contributed by atoms with Crippen LogP contribution in [0.4, 0.5) is 0 Å². The number of hydrazine groups is 1. The number of hydrogen-bond acceptors (Lipinski definition) is 3. The highest BCUT2D eigenvalue weighted by Crippen LogP contribution is 2.26. The molecule has 0 amide bonds. The summed E-state index contributed by atoms with van der Waals surface area (Å²) < 4.78 is 5.78. The molecule has 0 aromatic rings. The van der Waals surface area contributed by atoms with Gasteiger partial charge in [-0.2, -0.15) is 0 Å². The van der Waals surface area contributed by atoms with Crippen molar-refractivity contribution in [2.24, 2.45) is 10.8 Å². The van der Waals surface area contributed by atoms with Crippen LogP contribution >= 0.6 is 0 Å². The van der Waals surface area contributed by atoms with Crippen LogP contribution in [0, 0.1) is 0 Å². The molecule has 2 atom stereocenters. The summed E-state index contributed by atoms with van der Waals surface area (Å²) in [6.45, 7) is 4.86. The van der Waals surface area contributed by atoms with Crippen LogP contribution in [0.3, 0.4) is 0 Å². The SMILES string of the molecule is CCCCN=C(NN)N1CC2CCC(C1)O2. The van der Waals surface area contributed by atoms with E-state index < -0.39 is 0 Å². The highest BCUT2D eigenvalue weighted by molar-refractivity contribution is 5.79. The van der Waals surface area contributed by atoms with Gasteiger partial charge in [0.2, 0.25) is 5.96 Å². The third-order valence-corrected chi connectivity index (χ3v) is 3.25. The van der Waals surface area contributed by atoms with Crippen molar-refractivity contribution in [3.05, 3.63) is 0 Å². The van der Waals surface area contributed by atoms with Crippen molar-refractivity contribution in [3.8, 4) is 0 Å². The van der Waals surface area contributed by atoms with Crippen molar-refractivity contribution in [2.45, 2.75) is 44.8 Å². The Morgan fingerprint density at radius 2 is 2.12 bits per heavy atom. The van der Waals surface area contributed by atoms with Crippen molar-refractivity contribution in [3.63, 3.8) is 0 Å². The van der Waals surface area contributed by atoms with Crippen LogP contribution in [-0.4, -0.2) is 42.7 Å². The van der Waals surface area contributed by atoms with Gasteiger partial charge in [0.05, 0.1) is 12.2 Å². The zero-order chi connectivity index (χ0) is 11.4. The third kappa shape index (κ3) is 2.65. The minimum Gasteiger partial charge on any atom is -0.371 e. The van der Waals surface area contributed by atoms with E-state index in [9.17, 15) is 0 Å². The molecule has 16 heavy (non-hydrogen) atoms. The molecule has 0 aliphatic carbocycles. The summed E-state index contributed by atoms with van der Waals surface area (Å²) in [6.07, 6.45) is 5.38. The minimum atomic E-state index is 0.378. The quantitative estimate of drug-likeness (QED) is 0.241. The van der Waals surface area contributed by atoms with Crippen molar-refractivity contribution < 1.29 is 4.74 Å². The molecule has 0 aromatic carbocycles. The number of rotatable bonds is 3. The largest absolute Gasteiger partial charge is 0.371 e. The van der Waals surface area contributed by atoms with Gasteiger partial charge in [-0.05, 0) is 19.3 Å². The zero-order valence-corrected chi connectivity index (χ0v) is 9.98. The molecule has 2 unspecified atom stereocenters. The topological polar surface area (TPSA) is 62.9 Å². The van der Waals surface area contributed by atoms with E-state index in [1.807, 2.05) is 0 Å². The lowest BCUT2D eigenvalue weighted by molar-refractivity contribution is -0.0168. The van der Waals surface area contributed by atoms with Crippen molar-refractivity contribution in [1.82, 2.24) is 10.3 Å². The lowest BCUT2D eigenvalue weighted by Crippen LogP contribution is -2.52. The van der Waals surface area contributed by atoms with E-state index in [1.54, 1.807) is 0 Å². The first-order valence-electron chi connectivity index (χ1n) is 6.25. The first kappa shape index (κ1) is 11.7. The van der Waals surface area contributed by atoms with E-state index in [-0.39, 0.29) is 0 Å². The van der Waals surface area contributed by atoms with Crippen molar-refractivity contribution in [1.29, 1.82) is 0 Å². The second-order valence-electron chi connectivity index (χ2n) is 4.57. The molecule has 0 aromatic heterocycles. The summed E-state index contributed by atoms with van der Waals surface area (Å²) in [7, 11) is 0. The number of nitrogens with two attached hydrogens (primary N) is 1. The standard InChI is InChI=1S/C11H22N4O/c1-2-3-6-13-11(14-12)15-7-9-4-5-10(8-15)16-9/h9-10H,2-8,12H2,1H3,(H,13,14). The van der Waals surface area contributed by atoms with Gasteiger partial charge in [-0.25, -0.2) is 5.84 Å². The van der Waals surface area contributed by atoms with Crippen LogP contribution in [0.15, 0.2) is 4.99 Å². The summed E-state index contributed by atoms with van der Waals surface area (Å²) in [5.41, 5.74) is 2.72. The smallest absolute Gasteiger partial charge is 0.208 e. The second kappa shape index (κ2) is 5.50. The Labute approximate surface area is 97.0 Å². The molecule has 2 saturated heterocycles.